The molecule has 0 radical (unpaired) electrons. The highest BCUT2D eigenvalue weighted by Crippen LogP contribution is 2.26. The third-order valence-corrected chi connectivity index (χ3v) is 6.85. The van der Waals surface area contributed by atoms with Gasteiger partial charge in [-0.1, -0.05) is 43.3 Å². The van der Waals surface area contributed by atoms with Gasteiger partial charge in [0.15, 0.2) is 0 Å². The van der Waals surface area contributed by atoms with Crippen molar-refractivity contribution < 1.29 is 17.9 Å². The molecular formula is C25H28N2O4S. The number of ether oxygens (including phenoxy) is 1. The molecule has 0 fully saturated rings. The number of hydrogen-bond donors (Lipinski definition) is 1. The van der Waals surface area contributed by atoms with E-state index in [0.717, 1.165) is 27.5 Å². The lowest BCUT2D eigenvalue weighted by molar-refractivity contribution is -0.114. The topological polar surface area (TPSA) is 75.7 Å². The van der Waals surface area contributed by atoms with Crippen LogP contribution in [0.2, 0.25) is 0 Å². The normalized spacial score (nSPS) is 11.1. The minimum Gasteiger partial charge on any atom is -0.494 e. The zero-order chi connectivity index (χ0) is 23.1. The predicted molar refractivity (Wildman–Crippen MR) is 128 cm³/mol. The summed E-state index contributed by atoms with van der Waals surface area (Å²) in [5.74, 6) is 0.175. The van der Waals surface area contributed by atoms with Crippen LogP contribution in [0.5, 0.6) is 5.75 Å². The largest absolute Gasteiger partial charge is 0.494 e. The molecule has 6 nitrogen and oxygen atoms in total. The molecule has 3 aromatic carbocycles. The molecule has 3 rings (SSSR count). The third-order valence-electron chi connectivity index (χ3n) is 5.06. The van der Waals surface area contributed by atoms with Crippen molar-refractivity contribution in [3.63, 3.8) is 0 Å². The predicted octanol–water partition coefficient (Wildman–Crippen LogP) is 4.79. The second kappa shape index (κ2) is 10.3. The molecule has 0 aliphatic heterocycles. The summed E-state index contributed by atoms with van der Waals surface area (Å²) in [5.41, 5.74) is 3.07. The maximum absolute atomic E-state index is 13.5. The highest BCUT2D eigenvalue weighted by Gasteiger charge is 2.27. The lowest BCUT2D eigenvalue weighted by atomic mass is 10.1. The van der Waals surface area contributed by atoms with E-state index >= 15 is 0 Å². The summed E-state index contributed by atoms with van der Waals surface area (Å²) < 4.78 is 33.5. The first-order valence-electron chi connectivity index (χ1n) is 10.6. The first-order valence-corrected chi connectivity index (χ1v) is 12.0. The average molecular weight is 453 g/mol. The van der Waals surface area contributed by atoms with Crippen LogP contribution >= 0.6 is 0 Å². The Morgan fingerprint density at radius 3 is 2.25 bits per heavy atom. The molecule has 1 N–H and O–H groups in total. The van der Waals surface area contributed by atoms with Gasteiger partial charge in [0.25, 0.3) is 10.0 Å². The number of carbonyl (C=O) groups excluding carboxylic acids is 1. The maximum atomic E-state index is 13.5. The van der Waals surface area contributed by atoms with Crippen molar-refractivity contribution >= 4 is 27.3 Å². The minimum atomic E-state index is -3.98. The van der Waals surface area contributed by atoms with Crippen molar-refractivity contribution in [2.24, 2.45) is 0 Å². The van der Waals surface area contributed by atoms with Crippen LogP contribution < -0.4 is 14.4 Å². The second-order valence-corrected chi connectivity index (χ2v) is 9.12. The van der Waals surface area contributed by atoms with Gasteiger partial charge in [0.2, 0.25) is 5.91 Å². The van der Waals surface area contributed by atoms with E-state index in [-0.39, 0.29) is 11.4 Å². The fourth-order valence-electron chi connectivity index (χ4n) is 3.42. The molecule has 0 saturated carbocycles. The zero-order valence-electron chi connectivity index (χ0n) is 18.5. The molecule has 7 heteroatoms. The monoisotopic (exact) mass is 452 g/mol. The number of nitrogens with one attached hydrogen (secondary N) is 1. The van der Waals surface area contributed by atoms with Crippen molar-refractivity contribution in [1.82, 2.24) is 0 Å². The highest BCUT2D eigenvalue weighted by atomic mass is 32.2. The molecule has 0 unspecified atom stereocenters. The number of sulfonamides is 1. The summed E-state index contributed by atoms with van der Waals surface area (Å²) in [7, 11) is -3.98. The Hall–Kier alpha value is -3.32. The number of anilines is 2. The SMILES string of the molecule is CCOc1ccc(S(=O)(=O)N(CC(=O)Nc2c(C)cccc2CC)c2ccccc2)cc1. The van der Waals surface area contributed by atoms with Crippen molar-refractivity contribution in [3.8, 4) is 5.75 Å². The van der Waals surface area contributed by atoms with Crippen molar-refractivity contribution in [3.05, 3.63) is 83.9 Å². The molecule has 32 heavy (non-hydrogen) atoms. The second-order valence-electron chi connectivity index (χ2n) is 7.26. The third kappa shape index (κ3) is 5.29. The van der Waals surface area contributed by atoms with Crippen LogP contribution in [0.1, 0.15) is 25.0 Å². The number of rotatable bonds is 9. The van der Waals surface area contributed by atoms with Crippen molar-refractivity contribution in [2.45, 2.75) is 32.1 Å². The Labute approximate surface area is 189 Å². The van der Waals surface area contributed by atoms with E-state index in [1.807, 2.05) is 39.0 Å². The number of nitrogens with zero attached hydrogens (tertiary/aromatic N) is 1. The number of para-hydroxylation sites is 2. The number of hydrogen-bond acceptors (Lipinski definition) is 4. The summed E-state index contributed by atoms with van der Waals surface area (Å²) in [6.45, 7) is 5.93. The fourth-order valence-corrected chi connectivity index (χ4v) is 4.84. The van der Waals surface area contributed by atoms with Gasteiger partial charge in [-0.15, -0.1) is 0 Å². The van der Waals surface area contributed by atoms with E-state index in [4.69, 9.17) is 4.74 Å². The molecule has 0 aliphatic carbocycles. The van der Waals surface area contributed by atoms with Crippen LogP contribution in [0.15, 0.2) is 77.7 Å². The molecule has 0 atom stereocenters. The van der Waals surface area contributed by atoms with E-state index in [1.54, 1.807) is 42.5 Å². The number of benzene rings is 3. The van der Waals surface area contributed by atoms with E-state index in [0.29, 0.717) is 18.0 Å². The van der Waals surface area contributed by atoms with Gasteiger partial charge in [0.05, 0.1) is 17.2 Å². The van der Waals surface area contributed by atoms with Gasteiger partial charge < -0.3 is 10.1 Å². The first-order chi connectivity index (χ1) is 15.4. The molecule has 0 bridgehead atoms. The average Bonchev–Trinajstić information content (AvgIpc) is 2.80. The molecule has 0 heterocycles. The summed E-state index contributed by atoms with van der Waals surface area (Å²) >= 11 is 0. The quantitative estimate of drug-likeness (QED) is 0.506. The van der Waals surface area contributed by atoms with E-state index in [2.05, 4.69) is 5.32 Å². The molecule has 168 valence electrons. The summed E-state index contributed by atoms with van der Waals surface area (Å²) in [4.78, 5) is 13.1. The lowest BCUT2D eigenvalue weighted by Crippen LogP contribution is -2.38. The number of amides is 1. The van der Waals surface area contributed by atoms with Gasteiger partial charge in [0.1, 0.15) is 12.3 Å². The zero-order valence-corrected chi connectivity index (χ0v) is 19.4. The Balaban J connectivity index is 1.93. The van der Waals surface area contributed by atoms with Gasteiger partial charge >= 0.3 is 0 Å². The summed E-state index contributed by atoms with van der Waals surface area (Å²) in [6.07, 6.45) is 0.754. The van der Waals surface area contributed by atoms with Gasteiger partial charge in [-0.2, -0.15) is 0 Å². The van der Waals surface area contributed by atoms with Crippen LogP contribution in [-0.4, -0.2) is 27.5 Å². The standard InChI is InChI=1S/C25H28N2O4S/c1-4-20-11-9-10-19(3)25(20)26-24(28)18-27(21-12-7-6-8-13-21)32(29,30)23-16-14-22(15-17-23)31-5-2/h6-17H,4-5,18H2,1-3H3,(H,26,28). The molecule has 0 aromatic heterocycles. The Morgan fingerprint density at radius 1 is 0.938 bits per heavy atom. The first kappa shape index (κ1) is 23.3. The number of aryl methyl sites for hydroxylation is 2. The van der Waals surface area contributed by atoms with Gasteiger partial charge in [-0.3, -0.25) is 9.10 Å². The fraction of sp³-hybridized carbons (Fsp3) is 0.240. The van der Waals surface area contributed by atoms with Crippen LogP contribution in [0.3, 0.4) is 0 Å². The maximum Gasteiger partial charge on any atom is 0.264 e. The Bertz CT molecular complexity index is 1160. The van der Waals surface area contributed by atoms with Crippen molar-refractivity contribution in [1.29, 1.82) is 0 Å². The smallest absolute Gasteiger partial charge is 0.264 e. The summed E-state index contributed by atoms with van der Waals surface area (Å²) in [6, 6.07) is 20.6. The molecular weight excluding hydrogens is 424 g/mol. The number of carbonyl (C=O) groups is 1. The molecule has 1 amide bonds. The van der Waals surface area contributed by atoms with Crippen LogP contribution in [-0.2, 0) is 21.2 Å². The van der Waals surface area contributed by atoms with Crippen molar-refractivity contribution in [2.75, 3.05) is 22.8 Å². The van der Waals surface area contributed by atoms with Gasteiger partial charge in [-0.05, 0) is 67.8 Å². The van der Waals surface area contributed by atoms with E-state index in [9.17, 15) is 13.2 Å². The molecule has 0 saturated heterocycles. The molecule has 0 spiro atoms. The van der Waals surface area contributed by atoms with Crippen LogP contribution in [0, 0.1) is 6.92 Å². The van der Waals surface area contributed by atoms with Gasteiger partial charge in [0, 0.05) is 5.69 Å². The molecule has 3 aromatic rings. The summed E-state index contributed by atoms with van der Waals surface area (Å²) in [5, 5.41) is 2.91. The minimum absolute atomic E-state index is 0.0859. The lowest BCUT2D eigenvalue weighted by Gasteiger charge is -2.24. The highest BCUT2D eigenvalue weighted by molar-refractivity contribution is 7.92. The van der Waals surface area contributed by atoms with E-state index < -0.39 is 15.9 Å². The Kier molecular flexibility index (Phi) is 7.53. The van der Waals surface area contributed by atoms with Crippen LogP contribution in [0.4, 0.5) is 11.4 Å². The van der Waals surface area contributed by atoms with Gasteiger partial charge in [-0.25, -0.2) is 8.42 Å². The Morgan fingerprint density at radius 2 is 1.62 bits per heavy atom. The molecule has 0 aliphatic rings. The van der Waals surface area contributed by atoms with E-state index in [1.165, 1.54) is 12.1 Å². The van der Waals surface area contributed by atoms with Crippen LogP contribution in [0.25, 0.3) is 0 Å².